The molecule has 4 nitrogen and oxygen atoms in total. The molecular formula is C14H26N4. The third-order valence-electron chi connectivity index (χ3n) is 3.41. The largest absolute Gasteiger partial charge is 0.369 e. The van der Waals surface area contributed by atoms with Crippen molar-refractivity contribution in [1.29, 1.82) is 0 Å². The lowest BCUT2D eigenvalue weighted by Gasteiger charge is -2.25. The first-order chi connectivity index (χ1) is 8.45. The molecule has 0 aliphatic rings. The number of nitrogens with one attached hydrogen (secondary N) is 2. The summed E-state index contributed by atoms with van der Waals surface area (Å²) in [6.45, 7) is 12.1. The van der Waals surface area contributed by atoms with Gasteiger partial charge in [-0.05, 0) is 24.7 Å². The molecule has 0 bridgehead atoms. The molecule has 0 amide bonds. The van der Waals surface area contributed by atoms with Crippen LogP contribution in [0.25, 0.3) is 0 Å². The molecule has 18 heavy (non-hydrogen) atoms. The van der Waals surface area contributed by atoms with E-state index in [4.69, 9.17) is 0 Å². The number of aromatic nitrogens is 2. The van der Waals surface area contributed by atoms with E-state index < -0.39 is 0 Å². The molecule has 1 heterocycles. The van der Waals surface area contributed by atoms with Crippen molar-refractivity contribution in [1.82, 2.24) is 9.97 Å². The third-order valence-corrected chi connectivity index (χ3v) is 3.41. The summed E-state index contributed by atoms with van der Waals surface area (Å²) in [6, 6.07) is 0. The molecule has 0 aliphatic heterocycles. The molecule has 1 rings (SSSR count). The maximum Gasteiger partial charge on any atom is 0.224 e. The van der Waals surface area contributed by atoms with Gasteiger partial charge < -0.3 is 10.6 Å². The van der Waals surface area contributed by atoms with Crippen LogP contribution in [-0.4, -0.2) is 23.6 Å². The van der Waals surface area contributed by atoms with Gasteiger partial charge in [0.15, 0.2) is 0 Å². The Hall–Kier alpha value is -1.32. The number of nitrogens with zero attached hydrogens (tertiary/aromatic N) is 2. The fourth-order valence-electron chi connectivity index (χ4n) is 2.20. The van der Waals surface area contributed by atoms with E-state index in [1.807, 2.05) is 20.2 Å². The first-order valence-electron chi connectivity index (χ1n) is 6.71. The smallest absolute Gasteiger partial charge is 0.224 e. The lowest BCUT2D eigenvalue weighted by atomic mass is 9.85. The number of aryl methyl sites for hydroxylation is 1. The summed E-state index contributed by atoms with van der Waals surface area (Å²) in [5.74, 6) is 3.58. The SMILES string of the molecule is CNc1ncc(C)c(NCC(C(C)C)C(C)C)n1. The van der Waals surface area contributed by atoms with E-state index in [2.05, 4.69) is 48.3 Å². The van der Waals surface area contributed by atoms with Crippen molar-refractivity contribution < 1.29 is 0 Å². The summed E-state index contributed by atoms with van der Waals surface area (Å²) >= 11 is 0. The minimum atomic E-state index is 0.650. The second-order valence-corrected chi connectivity index (χ2v) is 5.51. The predicted octanol–water partition coefficient (Wildman–Crippen LogP) is 3.17. The van der Waals surface area contributed by atoms with E-state index >= 15 is 0 Å². The van der Waals surface area contributed by atoms with Crippen molar-refractivity contribution in [3.63, 3.8) is 0 Å². The molecule has 0 unspecified atom stereocenters. The van der Waals surface area contributed by atoms with Crippen LogP contribution in [0.4, 0.5) is 11.8 Å². The third kappa shape index (κ3) is 3.86. The second kappa shape index (κ2) is 6.57. The van der Waals surface area contributed by atoms with Gasteiger partial charge in [0.2, 0.25) is 5.95 Å². The highest BCUT2D eigenvalue weighted by molar-refractivity contribution is 5.46. The van der Waals surface area contributed by atoms with Gasteiger partial charge in [0.25, 0.3) is 0 Å². The summed E-state index contributed by atoms with van der Waals surface area (Å²) in [5, 5.41) is 6.42. The Labute approximate surface area is 111 Å². The van der Waals surface area contributed by atoms with E-state index in [1.54, 1.807) is 0 Å². The Morgan fingerprint density at radius 3 is 2.28 bits per heavy atom. The van der Waals surface area contributed by atoms with Crippen LogP contribution in [0.1, 0.15) is 33.3 Å². The quantitative estimate of drug-likeness (QED) is 0.814. The summed E-state index contributed by atoms with van der Waals surface area (Å²) < 4.78 is 0. The van der Waals surface area contributed by atoms with Crippen LogP contribution in [0.3, 0.4) is 0 Å². The van der Waals surface area contributed by atoms with Gasteiger partial charge in [-0.1, -0.05) is 27.7 Å². The number of hydrogen-bond donors (Lipinski definition) is 2. The molecule has 2 N–H and O–H groups in total. The van der Waals surface area contributed by atoms with Crippen molar-refractivity contribution >= 4 is 11.8 Å². The fraction of sp³-hybridized carbons (Fsp3) is 0.714. The molecule has 0 aliphatic carbocycles. The zero-order valence-electron chi connectivity index (χ0n) is 12.4. The predicted molar refractivity (Wildman–Crippen MR) is 78.0 cm³/mol. The molecule has 0 spiro atoms. The van der Waals surface area contributed by atoms with Crippen LogP contribution in [0.2, 0.25) is 0 Å². The van der Waals surface area contributed by atoms with Gasteiger partial charge >= 0.3 is 0 Å². The molecule has 0 radical (unpaired) electrons. The van der Waals surface area contributed by atoms with Crippen LogP contribution in [0.15, 0.2) is 6.20 Å². The monoisotopic (exact) mass is 250 g/mol. The molecule has 0 atom stereocenters. The van der Waals surface area contributed by atoms with E-state index in [1.165, 1.54) is 0 Å². The van der Waals surface area contributed by atoms with Crippen LogP contribution in [-0.2, 0) is 0 Å². The summed E-state index contributed by atoms with van der Waals surface area (Å²) in [7, 11) is 1.83. The maximum atomic E-state index is 4.45. The Morgan fingerprint density at radius 1 is 1.17 bits per heavy atom. The minimum absolute atomic E-state index is 0.650. The summed E-state index contributed by atoms with van der Waals surface area (Å²) in [5.41, 5.74) is 1.08. The van der Waals surface area contributed by atoms with Crippen LogP contribution in [0.5, 0.6) is 0 Å². The average Bonchev–Trinajstić information content (AvgIpc) is 2.30. The van der Waals surface area contributed by atoms with Crippen molar-refractivity contribution in [2.75, 3.05) is 24.2 Å². The number of hydrogen-bond acceptors (Lipinski definition) is 4. The van der Waals surface area contributed by atoms with Gasteiger partial charge in [0.05, 0.1) is 0 Å². The zero-order chi connectivity index (χ0) is 13.7. The van der Waals surface area contributed by atoms with Crippen molar-refractivity contribution in [3.05, 3.63) is 11.8 Å². The Morgan fingerprint density at radius 2 is 1.78 bits per heavy atom. The van der Waals surface area contributed by atoms with E-state index in [-0.39, 0.29) is 0 Å². The van der Waals surface area contributed by atoms with Crippen LogP contribution >= 0.6 is 0 Å². The van der Waals surface area contributed by atoms with Gasteiger partial charge in [0.1, 0.15) is 5.82 Å². The molecule has 1 aromatic heterocycles. The number of anilines is 2. The van der Waals surface area contributed by atoms with Crippen molar-refractivity contribution in [3.8, 4) is 0 Å². The molecule has 102 valence electrons. The van der Waals surface area contributed by atoms with E-state index in [0.717, 1.165) is 17.9 Å². The molecule has 0 saturated carbocycles. The van der Waals surface area contributed by atoms with Crippen molar-refractivity contribution in [2.45, 2.75) is 34.6 Å². The van der Waals surface area contributed by atoms with Crippen LogP contribution in [0, 0.1) is 24.7 Å². The zero-order valence-corrected chi connectivity index (χ0v) is 12.4. The molecule has 0 saturated heterocycles. The molecule has 4 heteroatoms. The normalized spacial score (nSPS) is 11.4. The summed E-state index contributed by atoms with van der Waals surface area (Å²) in [6.07, 6.45) is 1.85. The van der Waals surface area contributed by atoms with Gasteiger partial charge in [0, 0.05) is 25.4 Å². The van der Waals surface area contributed by atoms with Gasteiger partial charge in [-0.3, -0.25) is 0 Å². The van der Waals surface area contributed by atoms with Crippen LogP contribution < -0.4 is 10.6 Å². The summed E-state index contributed by atoms with van der Waals surface area (Å²) in [4.78, 5) is 8.64. The molecular weight excluding hydrogens is 224 g/mol. The fourth-order valence-corrected chi connectivity index (χ4v) is 2.20. The lowest BCUT2D eigenvalue weighted by molar-refractivity contribution is 0.304. The first-order valence-corrected chi connectivity index (χ1v) is 6.71. The minimum Gasteiger partial charge on any atom is -0.369 e. The lowest BCUT2D eigenvalue weighted by Crippen LogP contribution is -2.25. The van der Waals surface area contributed by atoms with Crippen molar-refractivity contribution in [2.24, 2.45) is 17.8 Å². The van der Waals surface area contributed by atoms with Gasteiger partial charge in [-0.2, -0.15) is 4.98 Å². The maximum absolute atomic E-state index is 4.45. The highest BCUT2D eigenvalue weighted by Crippen LogP contribution is 2.21. The highest BCUT2D eigenvalue weighted by Gasteiger charge is 2.17. The Balaban J connectivity index is 2.72. The van der Waals surface area contributed by atoms with Gasteiger partial charge in [-0.25, -0.2) is 4.98 Å². The molecule has 0 aromatic carbocycles. The van der Waals surface area contributed by atoms with E-state index in [9.17, 15) is 0 Å². The van der Waals surface area contributed by atoms with Gasteiger partial charge in [-0.15, -0.1) is 0 Å². The first kappa shape index (κ1) is 14.7. The topological polar surface area (TPSA) is 49.8 Å². The number of rotatable bonds is 6. The molecule has 0 fully saturated rings. The Bertz CT molecular complexity index is 366. The Kier molecular flexibility index (Phi) is 5.38. The second-order valence-electron chi connectivity index (χ2n) is 5.51. The standard InChI is InChI=1S/C14H26N4/c1-9(2)12(10(3)4)8-16-13-11(5)7-17-14(15-6)18-13/h7,9-10,12H,8H2,1-6H3,(H2,15,16,17,18). The average molecular weight is 250 g/mol. The molecule has 1 aromatic rings. The highest BCUT2D eigenvalue weighted by atomic mass is 15.1. The van der Waals surface area contributed by atoms with E-state index in [0.29, 0.717) is 23.7 Å².